The molecule has 1 N–H and O–H groups in total. The second-order valence-electron chi connectivity index (χ2n) is 7.20. The lowest BCUT2D eigenvalue weighted by Crippen LogP contribution is -2.34. The zero-order chi connectivity index (χ0) is 20.1. The zero-order valence-corrected chi connectivity index (χ0v) is 16.1. The molecule has 148 valence electrons. The molecule has 1 aromatic carbocycles. The molecule has 0 bridgehead atoms. The number of aromatic nitrogens is 3. The highest BCUT2D eigenvalue weighted by molar-refractivity contribution is 5.89. The minimum atomic E-state index is -0.295. The summed E-state index contributed by atoms with van der Waals surface area (Å²) in [4.78, 5) is 30.5. The molecule has 2 aromatic heterocycles. The van der Waals surface area contributed by atoms with Crippen molar-refractivity contribution < 1.29 is 9.59 Å². The van der Waals surface area contributed by atoms with Crippen LogP contribution >= 0.6 is 0 Å². The van der Waals surface area contributed by atoms with Crippen LogP contribution in [-0.4, -0.2) is 44.6 Å². The van der Waals surface area contributed by atoms with Gasteiger partial charge >= 0.3 is 0 Å². The van der Waals surface area contributed by atoms with Crippen molar-refractivity contribution in [3.8, 4) is 5.69 Å². The van der Waals surface area contributed by atoms with Crippen molar-refractivity contribution in [3.05, 3.63) is 78.4 Å². The average Bonchev–Trinajstić information content (AvgIpc) is 3.37. The molecule has 1 fully saturated rings. The smallest absolute Gasteiger partial charge is 0.225 e. The van der Waals surface area contributed by atoms with E-state index in [0.29, 0.717) is 26.1 Å². The molecular weight excluding hydrogens is 366 g/mol. The van der Waals surface area contributed by atoms with Gasteiger partial charge in [0.1, 0.15) is 0 Å². The van der Waals surface area contributed by atoms with Gasteiger partial charge in [-0.25, -0.2) is 4.68 Å². The summed E-state index contributed by atoms with van der Waals surface area (Å²) in [6.07, 6.45) is 8.16. The predicted octanol–water partition coefficient (Wildman–Crippen LogP) is 1.97. The van der Waals surface area contributed by atoms with Gasteiger partial charge in [-0.15, -0.1) is 0 Å². The van der Waals surface area contributed by atoms with Gasteiger partial charge in [0.05, 0.1) is 17.8 Å². The SMILES string of the molecule is O=C(NCCc1cnn(-c2ccccc2)c1)[C@H]1CC(=O)N(Cc2ccncc2)C1. The minimum Gasteiger partial charge on any atom is -0.355 e. The maximum atomic E-state index is 12.5. The summed E-state index contributed by atoms with van der Waals surface area (Å²) in [5.74, 6) is -0.339. The van der Waals surface area contributed by atoms with Crippen molar-refractivity contribution in [1.82, 2.24) is 25.0 Å². The van der Waals surface area contributed by atoms with E-state index in [0.717, 1.165) is 16.8 Å². The van der Waals surface area contributed by atoms with Crippen molar-refractivity contribution in [2.45, 2.75) is 19.4 Å². The fourth-order valence-electron chi connectivity index (χ4n) is 3.49. The quantitative estimate of drug-likeness (QED) is 0.670. The molecule has 0 aliphatic carbocycles. The van der Waals surface area contributed by atoms with E-state index in [1.807, 2.05) is 59.5 Å². The number of amides is 2. The number of nitrogens with one attached hydrogen (secondary N) is 1. The molecule has 0 radical (unpaired) electrons. The van der Waals surface area contributed by atoms with Crippen LogP contribution in [0.1, 0.15) is 17.5 Å². The number of benzene rings is 1. The number of likely N-dealkylation sites (tertiary alicyclic amines) is 1. The molecule has 7 nitrogen and oxygen atoms in total. The highest BCUT2D eigenvalue weighted by Gasteiger charge is 2.33. The van der Waals surface area contributed by atoms with Gasteiger partial charge in [-0.1, -0.05) is 18.2 Å². The lowest BCUT2D eigenvalue weighted by atomic mass is 10.1. The fraction of sp³-hybridized carbons (Fsp3) is 0.273. The third-order valence-corrected chi connectivity index (χ3v) is 5.08. The Morgan fingerprint density at radius 3 is 2.69 bits per heavy atom. The Hall–Kier alpha value is -3.48. The van der Waals surface area contributed by atoms with Crippen LogP contribution in [0, 0.1) is 5.92 Å². The number of para-hydroxylation sites is 1. The average molecular weight is 389 g/mol. The number of hydrogen-bond acceptors (Lipinski definition) is 4. The molecule has 4 rings (SSSR count). The van der Waals surface area contributed by atoms with E-state index in [1.54, 1.807) is 17.3 Å². The topological polar surface area (TPSA) is 80.1 Å². The van der Waals surface area contributed by atoms with Crippen LogP contribution in [0.3, 0.4) is 0 Å². The summed E-state index contributed by atoms with van der Waals surface area (Å²) in [5.41, 5.74) is 3.07. The molecule has 1 saturated heterocycles. The van der Waals surface area contributed by atoms with Crippen molar-refractivity contribution in [2.75, 3.05) is 13.1 Å². The Labute approximate surface area is 169 Å². The molecule has 1 atom stereocenters. The second kappa shape index (κ2) is 8.68. The first kappa shape index (κ1) is 18.9. The normalized spacial score (nSPS) is 16.2. The summed E-state index contributed by atoms with van der Waals surface area (Å²) in [7, 11) is 0. The molecule has 0 spiro atoms. The molecule has 1 aliphatic heterocycles. The maximum absolute atomic E-state index is 12.5. The van der Waals surface area contributed by atoms with Crippen molar-refractivity contribution in [2.24, 2.45) is 5.92 Å². The van der Waals surface area contributed by atoms with E-state index < -0.39 is 0 Å². The van der Waals surface area contributed by atoms with Crippen LogP contribution in [0.2, 0.25) is 0 Å². The monoisotopic (exact) mass is 389 g/mol. The van der Waals surface area contributed by atoms with E-state index in [1.165, 1.54) is 0 Å². The van der Waals surface area contributed by atoms with E-state index in [9.17, 15) is 9.59 Å². The lowest BCUT2D eigenvalue weighted by molar-refractivity contribution is -0.129. The number of rotatable bonds is 7. The van der Waals surface area contributed by atoms with E-state index in [2.05, 4.69) is 15.4 Å². The van der Waals surface area contributed by atoms with Crippen LogP contribution in [0.15, 0.2) is 67.3 Å². The first-order valence-electron chi connectivity index (χ1n) is 9.72. The predicted molar refractivity (Wildman–Crippen MR) is 108 cm³/mol. The largest absolute Gasteiger partial charge is 0.355 e. The zero-order valence-electron chi connectivity index (χ0n) is 16.1. The maximum Gasteiger partial charge on any atom is 0.225 e. The van der Waals surface area contributed by atoms with Crippen molar-refractivity contribution in [1.29, 1.82) is 0 Å². The minimum absolute atomic E-state index is 0.0195. The van der Waals surface area contributed by atoms with Crippen LogP contribution in [-0.2, 0) is 22.6 Å². The Kier molecular flexibility index (Phi) is 5.65. The summed E-state index contributed by atoms with van der Waals surface area (Å²) >= 11 is 0. The third-order valence-electron chi connectivity index (χ3n) is 5.08. The first-order valence-corrected chi connectivity index (χ1v) is 9.72. The summed E-state index contributed by atoms with van der Waals surface area (Å²) in [5, 5.41) is 7.33. The molecule has 7 heteroatoms. The Bertz CT molecular complexity index is 971. The fourth-order valence-corrected chi connectivity index (χ4v) is 3.49. The standard InChI is InChI=1S/C22H23N5O2/c28-21-12-19(16-26(21)14-17-6-9-23-10-7-17)22(29)24-11-8-18-13-25-27(15-18)20-4-2-1-3-5-20/h1-7,9-10,13,15,19H,8,11-12,14,16H2,(H,24,29)/t19-/m0/s1. The molecule has 3 aromatic rings. The van der Waals surface area contributed by atoms with Crippen LogP contribution in [0.25, 0.3) is 5.69 Å². The van der Waals surface area contributed by atoms with Gasteiger partial charge in [0.15, 0.2) is 0 Å². The Balaban J connectivity index is 1.25. The van der Waals surface area contributed by atoms with Gasteiger partial charge in [0.25, 0.3) is 0 Å². The third kappa shape index (κ3) is 4.68. The van der Waals surface area contributed by atoms with Gasteiger partial charge in [0.2, 0.25) is 11.8 Å². The molecule has 2 amide bonds. The molecular formula is C22H23N5O2. The van der Waals surface area contributed by atoms with E-state index >= 15 is 0 Å². The molecule has 0 unspecified atom stereocenters. The van der Waals surface area contributed by atoms with Crippen molar-refractivity contribution in [3.63, 3.8) is 0 Å². The highest BCUT2D eigenvalue weighted by Crippen LogP contribution is 2.20. The van der Waals surface area contributed by atoms with Crippen LogP contribution < -0.4 is 5.32 Å². The van der Waals surface area contributed by atoms with E-state index in [4.69, 9.17) is 0 Å². The summed E-state index contributed by atoms with van der Waals surface area (Å²) in [6, 6.07) is 13.7. The van der Waals surface area contributed by atoms with Crippen LogP contribution in [0.4, 0.5) is 0 Å². The van der Waals surface area contributed by atoms with Crippen LogP contribution in [0.5, 0.6) is 0 Å². The Morgan fingerprint density at radius 2 is 1.90 bits per heavy atom. The first-order chi connectivity index (χ1) is 14.2. The van der Waals surface area contributed by atoms with Gasteiger partial charge in [-0.05, 0) is 41.8 Å². The van der Waals surface area contributed by atoms with Crippen molar-refractivity contribution >= 4 is 11.8 Å². The molecule has 0 saturated carbocycles. The number of pyridine rings is 1. The highest BCUT2D eigenvalue weighted by atomic mass is 16.2. The lowest BCUT2D eigenvalue weighted by Gasteiger charge is -2.16. The van der Waals surface area contributed by atoms with Gasteiger partial charge in [0, 0.05) is 44.6 Å². The number of nitrogens with zero attached hydrogens (tertiary/aromatic N) is 4. The van der Waals surface area contributed by atoms with Gasteiger partial charge in [-0.2, -0.15) is 5.10 Å². The number of carbonyl (C=O) groups is 2. The molecule has 29 heavy (non-hydrogen) atoms. The summed E-state index contributed by atoms with van der Waals surface area (Å²) in [6.45, 7) is 1.50. The second-order valence-corrected chi connectivity index (χ2v) is 7.20. The summed E-state index contributed by atoms with van der Waals surface area (Å²) < 4.78 is 1.82. The molecule has 1 aliphatic rings. The van der Waals surface area contributed by atoms with Gasteiger partial charge < -0.3 is 10.2 Å². The van der Waals surface area contributed by atoms with E-state index in [-0.39, 0.29) is 24.2 Å². The van der Waals surface area contributed by atoms with Gasteiger partial charge in [-0.3, -0.25) is 14.6 Å². The Morgan fingerprint density at radius 1 is 1.10 bits per heavy atom. The molecule has 3 heterocycles. The number of carbonyl (C=O) groups excluding carboxylic acids is 2. The number of hydrogen-bond donors (Lipinski definition) is 1.